The Hall–Kier alpha value is -1.40. The van der Waals surface area contributed by atoms with Crippen molar-refractivity contribution in [2.75, 3.05) is 11.9 Å². The first-order chi connectivity index (χ1) is 9.38. The Morgan fingerprint density at radius 1 is 1.35 bits per heavy atom. The van der Waals surface area contributed by atoms with Crippen LogP contribution in [0.4, 0.5) is 5.69 Å². The minimum absolute atomic E-state index is 0.128. The van der Waals surface area contributed by atoms with Gasteiger partial charge in [-0.2, -0.15) is 0 Å². The molecule has 0 aliphatic rings. The molecule has 1 atom stereocenters. The van der Waals surface area contributed by atoms with Gasteiger partial charge in [0.25, 0.3) is 0 Å². The van der Waals surface area contributed by atoms with Crippen LogP contribution in [0, 0.1) is 6.92 Å². The normalized spacial score (nSPS) is 11.8. The number of amides is 2. The third-order valence-corrected chi connectivity index (χ3v) is 3.14. The SMILES string of the molecule is Cc1cc(Br)ccc1NC(=O)CCNC(=O)CC(C)N. The summed E-state index contributed by atoms with van der Waals surface area (Å²) in [5.41, 5.74) is 7.27. The van der Waals surface area contributed by atoms with Gasteiger partial charge in [-0.15, -0.1) is 0 Å². The number of nitrogens with two attached hydrogens (primary N) is 1. The van der Waals surface area contributed by atoms with Crippen LogP contribution in [0.3, 0.4) is 0 Å². The van der Waals surface area contributed by atoms with Crippen LogP contribution in [0.1, 0.15) is 25.3 Å². The molecule has 20 heavy (non-hydrogen) atoms. The van der Waals surface area contributed by atoms with Crippen LogP contribution >= 0.6 is 15.9 Å². The molecule has 2 amide bonds. The first-order valence-electron chi connectivity index (χ1n) is 6.46. The van der Waals surface area contributed by atoms with E-state index in [-0.39, 0.29) is 30.7 Å². The molecular formula is C14H20BrN3O2. The fourth-order valence-corrected chi connectivity index (χ4v) is 2.14. The van der Waals surface area contributed by atoms with Gasteiger partial charge in [-0.3, -0.25) is 9.59 Å². The zero-order chi connectivity index (χ0) is 15.1. The summed E-state index contributed by atoms with van der Waals surface area (Å²) in [5.74, 6) is -0.260. The second-order valence-corrected chi connectivity index (χ2v) is 5.70. The topological polar surface area (TPSA) is 84.2 Å². The van der Waals surface area contributed by atoms with Crippen molar-refractivity contribution >= 4 is 33.4 Å². The number of carbonyl (C=O) groups is 2. The molecule has 5 nitrogen and oxygen atoms in total. The zero-order valence-electron chi connectivity index (χ0n) is 11.7. The second kappa shape index (κ2) is 8.01. The predicted molar refractivity (Wildman–Crippen MR) is 83.4 cm³/mol. The molecule has 1 unspecified atom stereocenters. The fourth-order valence-electron chi connectivity index (χ4n) is 1.66. The van der Waals surface area contributed by atoms with E-state index in [4.69, 9.17) is 5.73 Å². The highest BCUT2D eigenvalue weighted by Gasteiger charge is 2.07. The highest BCUT2D eigenvalue weighted by Crippen LogP contribution is 2.19. The monoisotopic (exact) mass is 341 g/mol. The highest BCUT2D eigenvalue weighted by atomic mass is 79.9. The molecule has 0 radical (unpaired) electrons. The summed E-state index contributed by atoms with van der Waals surface area (Å²) < 4.78 is 0.969. The molecular weight excluding hydrogens is 322 g/mol. The number of benzene rings is 1. The van der Waals surface area contributed by atoms with Gasteiger partial charge in [0.1, 0.15) is 0 Å². The number of halogens is 1. The summed E-state index contributed by atoms with van der Waals surface area (Å²) in [5, 5.41) is 5.48. The smallest absolute Gasteiger partial charge is 0.226 e. The van der Waals surface area contributed by atoms with Crippen molar-refractivity contribution < 1.29 is 9.59 Å². The predicted octanol–water partition coefficient (Wildman–Crippen LogP) is 1.94. The number of anilines is 1. The third kappa shape index (κ3) is 6.16. The van der Waals surface area contributed by atoms with E-state index in [0.717, 1.165) is 15.7 Å². The molecule has 0 aliphatic carbocycles. The largest absolute Gasteiger partial charge is 0.356 e. The van der Waals surface area contributed by atoms with Gasteiger partial charge in [0.15, 0.2) is 0 Å². The van der Waals surface area contributed by atoms with E-state index in [1.165, 1.54) is 0 Å². The number of nitrogens with one attached hydrogen (secondary N) is 2. The van der Waals surface area contributed by atoms with Gasteiger partial charge < -0.3 is 16.4 Å². The molecule has 0 aliphatic heterocycles. The van der Waals surface area contributed by atoms with Crippen molar-refractivity contribution in [1.82, 2.24) is 5.32 Å². The molecule has 6 heteroatoms. The lowest BCUT2D eigenvalue weighted by Crippen LogP contribution is -2.32. The van der Waals surface area contributed by atoms with Crippen molar-refractivity contribution in [1.29, 1.82) is 0 Å². The van der Waals surface area contributed by atoms with Crippen LogP contribution in [0.25, 0.3) is 0 Å². The van der Waals surface area contributed by atoms with E-state index in [2.05, 4.69) is 26.6 Å². The molecule has 0 saturated heterocycles. The van der Waals surface area contributed by atoms with Gasteiger partial charge in [0, 0.05) is 35.6 Å². The number of hydrogen-bond acceptors (Lipinski definition) is 3. The number of carbonyl (C=O) groups excluding carboxylic acids is 2. The van der Waals surface area contributed by atoms with Crippen molar-refractivity contribution in [2.45, 2.75) is 32.7 Å². The Bertz CT molecular complexity index is 489. The van der Waals surface area contributed by atoms with E-state index in [1.807, 2.05) is 25.1 Å². The maximum absolute atomic E-state index is 11.8. The number of hydrogen-bond donors (Lipinski definition) is 3. The molecule has 4 N–H and O–H groups in total. The third-order valence-electron chi connectivity index (χ3n) is 2.64. The molecule has 0 bridgehead atoms. The Morgan fingerprint density at radius 3 is 2.65 bits per heavy atom. The van der Waals surface area contributed by atoms with Crippen LogP contribution in [0.2, 0.25) is 0 Å². The maximum atomic E-state index is 11.8. The minimum atomic E-state index is -0.172. The second-order valence-electron chi connectivity index (χ2n) is 4.79. The van der Waals surface area contributed by atoms with Crippen molar-refractivity contribution in [3.05, 3.63) is 28.2 Å². The molecule has 0 saturated carbocycles. The Kier molecular flexibility index (Phi) is 6.67. The lowest BCUT2D eigenvalue weighted by molar-refractivity contribution is -0.121. The van der Waals surface area contributed by atoms with E-state index >= 15 is 0 Å². The zero-order valence-corrected chi connectivity index (χ0v) is 13.3. The van der Waals surface area contributed by atoms with Gasteiger partial charge in [-0.25, -0.2) is 0 Å². The van der Waals surface area contributed by atoms with Crippen LogP contribution in [0.15, 0.2) is 22.7 Å². The van der Waals surface area contributed by atoms with E-state index in [9.17, 15) is 9.59 Å². The summed E-state index contributed by atoms with van der Waals surface area (Å²) >= 11 is 3.37. The van der Waals surface area contributed by atoms with Crippen LogP contribution in [-0.2, 0) is 9.59 Å². The molecule has 0 heterocycles. The van der Waals surface area contributed by atoms with E-state index < -0.39 is 0 Å². The van der Waals surface area contributed by atoms with Gasteiger partial charge >= 0.3 is 0 Å². The Balaban J connectivity index is 2.35. The number of rotatable bonds is 6. The maximum Gasteiger partial charge on any atom is 0.226 e. The first kappa shape index (κ1) is 16.7. The van der Waals surface area contributed by atoms with Gasteiger partial charge in [-0.05, 0) is 37.6 Å². The summed E-state index contributed by atoms with van der Waals surface area (Å²) in [6.07, 6.45) is 0.508. The van der Waals surface area contributed by atoms with Crippen LogP contribution < -0.4 is 16.4 Å². The van der Waals surface area contributed by atoms with Crippen LogP contribution in [-0.4, -0.2) is 24.4 Å². The van der Waals surface area contributed by atoms with Crippen LogP contribution in [0.5, 0.6) is 0 Å². The molecule has 1 aromatic carbocycles. The standard InChI is InChI=1S/C14H20BrN3O2/c1-9-7-11(15)3-4-12(9)18-13(19)5-6-17-14(20)8-10(2)16/h3-4,7,10H,5-6,8,16H2,1-2H3,(H,17,20)(H,18,19). The Morgan fingerprint density at radius 2 is 2.05 bits per heavy atom. The van der Waals surface area contributed by atoms with E-state index in [1.54, 1.807) is 6.92 Å². The lowest BCUT2D eigenvalue weighted by Gasteiger charge is -2.10. The molecule has 0 spiro atoms. The average Bonchev–Trinajstić information content (AvgIpc) is 2.31. The number of aryl methyl sites for hydroxylation is 1. The molecule has 1 aromatic rings. The van der Waals surface area contributed by atoms with Crippen molar-refractivity contribution in [3.63, 3.8) is 0 Å². The Labute approximate surface area is 127 Å². The van der Waals surface area contributed by atoms with Crippen molar-refractivity contribution in [2.24, 2.45) is 5.73 Å². The van der Waals surface area contributed by atoms with E-state index in [0.29, 0.717) is 6.54 Å². The summed E-state index contributed by atoms with van der Waals surface area (Å²) in [4.78, 5) is 23.1. The van der Waals surface area contributed by atoms with Crippen molar-refractivity contribution in [3.8, 4) is 0 Å². The average molecular weight is 342 g/mol. The van der Waals surface area contributed by atoms with Gasteiger partial charge in [0.2, 0.25) is 11.8 Å². The summed E-state index contributed by atoms with van der Waals surface area (Å²) in [6.45, 7) is 4.00. The summed E-state index contributed by atoms with van der Waals surface area (Å²) in [6, 6.07) is 5.47. The minimum Gasteiger partial charge on any atom is -0.356 e. The molecule has 0 aromatic heterocycles. The first-order valence-corrected chi connectivity index (χ1v) is 7.26. The van der Waals surface area contributed by atoms with Gasteiger partial charge in [0.05, 0.1) is 0 Å². The van der Waals surface area contributed by atoms with Gasteiger partial charge in [-0.1, -0.05) is 15.9 Å². The quantitative estimate of drug-likeness (QED) is 0.739. The summed E-state index contributed by atoms with van der Waals surface area (Å²) in [7, 11) is 0. The lowest BCUT2D eigenvalue weighted by atomic mass is 10.2. The molecule has 1 rings (SSSR count). The fraction of sp³-hybridized carbons (Fsp3) is 0.429. The molecule has 110 valence electrons. The molecule has 0 fully saturated rings. The highest BCUT2D eigenvalue weighted by molar-refractivity contribution is 9.10.